The van der Waals surface area contributed by atoms with Crippen molar-refractivity contribution in [3.8, 4) is 0 Å². The number of allylic oxidation sites excluding steroid dienone is 3. The summed E-state index contributed by atoms with van der Waals surface area (Å²) in [7, 11) is 2.13. The number of benzene rings is 4. The van der Waals surface area contributed by atoms with E-state index in [0.717, 1.165) is 11.4 Å². The summed E-state index contributed by atoms with van der Waals surface area (Å²) in [6.07, 6.45) is 5.92. The molecule has 2 nitrogen and oxygen atoms in total. The van der Waals surface area contributed by atoms with Gasteiger partial charge in [0.05, 0.1) is 5.70 Å². The minimum absolute atomic E-state index is 1.05. The minimum atomic E-state index is 1.05. The lowest BCUT2D eigenvalue weighted by atomic mass is 10.1. The molecular weight excluding hydrogens is 492 g/mol. The van der Waals surface area contributed by atoms with Crippen LogP contribution in [0.3, 0.4) is 0 Å². The van der Waals surface area contributed by atoms with Crippen LogP contribution in [0.4, 0.5) is 5.69 Å². The summed E-state index contributed by atoms with van der Waals surface area (Å²) >= 11 is 1.74. The highest BCUT2D eigenvalue weighted by atomic mass is 32.2. The lowest BCUT2D eigenvalue weighted by Crippen LogP contribution is -2.00. The fraction of sp³-hybridized carbons (Fsp3) is 0.167. The first-order valence-corrected chi connectivity index (χ1v) is 14.3. The Morgan fingerprint density at radius 3 is 1.77 bits per heavy atom. The number of thioether (sulfide) groups is 1. The Kier molecular flexibility index (Phi) is 11.3. The third-order valence-corrected chi connectivity index (χ3v) is 7.34. The quantitative estimate of drug-likeness (QED) is 0.173. The van der Waals surface area contributed by atoms with Crippen molar-refractivity contribution in [3.05, 3.63) is 144 Å². The minimum Gasteiger partial charge on any atom is -0.355 e. The number of hydrogen-bond acceptors (Lipinski definition) is 2. The Morgan fingerprint density at radius 1 is 0.769 bits per heavy atom. The van der Waals surface area contributed by atoms with Gasteiger partial charge in [0, 0.05) is 44.3 Å². The number of fused-ring (bicyclic) bond motifs is 3. The number of para-hydroxylation sites is 1. The number of hydrogen-bond donors (Lipinski definition) is 1. The van der Waals surface area contributed by atoms with Gasteiger partial charge in [0.25, 0.3) is 0 Å². The normalized spacial score (nSPS) is 11.3. The van der Waals surface area contributed by atoms with Crippen molar-refractivity contribution < 1.29 is 0 Å². The number of aromatic nitrogens is 1. The standard InChI is InChI=1S/C19H19NS.C15H15N.C2H6/c1-3-11-18(20-16-12-7-5-8-13-16)19(4-2)21-17-14-9-6-10-15-17;1-10-4-6-14-12(8-10)13-9-11(2)5-7-15(13)16(14)3;1-2/h3-15,20H,1H2,2H3;4-9H,1-3H3;1-2H3/b18-11+,19-4+;;. The molecule has 4 aromatic carbocycles. The van der Waals surface area contributed by atoms with Gasteiger partial charge in [-0.05, 0) is 75.4 Å². The lowest BCUT2D eigenvalue weighted by molar-refractivity contribution is 1.01. The maximum absolute atomic E-state index is 3.81. The fourth-order valence-corrected chi connectivity index (χ4v) is 5.21. The van der Waals surface area contributed by atoms with Crippen LogP contribution in [0, 0.1) is 13.8 Å². The van der Waals surface area contributed by atoms with Crippen LogP contribution < -0.4 is 5.32 Å². The molecule has 0 fully saturated rings. The van der Waals surface area contributed by atoms with Gasteiger partial charge in [-0.1, -0.05) is 104 Å². The smallest absolute Gasteiger partial charge is 0.0522 e. The second kappa shape index (κ2) is 14.8. The molecule has 0 unspecified atom stereocenters. The van der Waals surface area contributed by atoms with Gasteiger partial charge in [-0.25, -0.2) is 0 Å². The van der Waals surface area contributed by atoms with Gasteiger partial charge in [-0.3, -0.25) is 0 Å². The van der Waals surface area contributed by atoms with Crippen LogP contribution in [-0.4, -0.2) is 4.57 Å². The molecule has 0 saturated carbocycles. The molecule has 3 heteroatoms. The van der Waals surface area contributed by atoms with Crippen LogP contribution in [0.2, 0.25) is 0 Å². The summed E-state index contributed by atoms with van der Waals surface area (Å²) in [5.74, 6) is 0. The van der Waals surface area contributed by atoms with E-state index in [1.54, 1.807) is 17.8 Å². The number of aryl methyl sites for hydroxylation is 3. The summed E-state index contributed by atoms with van der Waals surface area (Å²) in [5, 5.41) is 6.18. The maximum Gasteiger partial charge on any atom is 0.0522 e. The van der Waals surface area contributed by atoms with Crippen molar-refractivity contribution in [2.45, 2.75) is 39.5 Å². The predicted molar refractivity (Wildman–Crippen MR) is 176 cm³/mol. The van der Waals surface area contributed by atoms with Crippen LogP contribution in [0.1, 0.15) is 31.9 Å². The summed E-state index contributed by atoms with van der Waals surface area (Å²) in [6.45, 7) is 14.2. The van der Waals surface area contributed by atoms with Crippen LogP contribution in [0.25, 0.3) is 21.8 Å². The fourth-order valence-electron chi connectivity index (χ4n) is 4.31. The summed E-state index contributed by atoms with van der Waals surface area (Å²) < 4.78 is 2.27. The van der Waals surface area contributed by atoms with E-state index in [0.29, 0.717) is 0 Å². The topological polar surface area (TPSA) is 17.0 Å². The van der Waals surface area contributed by atoms with Crippen LogP contribution in [0.5, 0.6) is 0 Å². The third kappa shape index (κ3) is 7.78. The monoisotopic (exact) mass is 532 g/mol. The molecule has 39 heavy (non-hydrogen) atoms. The SMILES string of the molecule is C=C/C=C(Nc1ccccc1)\C(=C/C)Sc1ccccc1.CC.Cc1ccc2c(c1)c1cc(C)ccc1n2C. The molecule has 5 aromatic rings. The van der Waals surface area contributed by atoms with E-state index >= 15 is 0 Å². The molecule has 0 amide bonds. The summed E-state index contributed by atoms with van der Waals surface area (Å²) in [5.41, 5.74) is 7.38. The first-order chi connectivity index (χ1) is 19.0. The number of rotatable bonds is 6. The van der Waals surface area contributed by atoms with Gasteiger partial charge >= 0.3 is 0 Å². The predicted octanol–water partition coefficient (Wildman–Crippen LogP) is 10.8. The van der Waals surface area contributed by atoms with Crippen molar-refractivity contribution in [1.29, 1.82) is 0 Å². The van der Waals surface area contributed by atoms with Crippen molar-refractivity contribution in [3.63, 3.8) is 0 Å². The second-order valence-corrected chi connectivity index (χ2v) is 10.1. The Labute approximate surface area is 238 Å². The molecule has 1 heterocycles. The van der Waals surface area contributed by atoms with Gasteiger partial charge in [0.2, 0.25) is 0 Å². The van der Waals surface area contributed by atoms with Crippen molar-refractivity contribution >= 4 is 39.3 Å². The first-order valence-electron chi connectivity index (χ1n) is 13.5. The van der Waals surface area contributed by atoms with Crippen molar-refractivity contribution in [2.75, 3.05) is 5.32 Å². The number of anilines is 1. The molecule has 0 spiro atoms. The van der Waals surface area contributed by atoms with E-state index in [1.807, 2.05) is 44.2 Å². The number of nitrogens with one attached hydrogen (secondary N) is 1. The molecule has 0 bridgehead atoms. The summed E-state index contributed by atoms with van der Waals surface area (Å²) in [6, 6.07) is 33.8. The molecule has 200 valence electrons. The molecule has 0 atom stereocenters. The van der Waals surface area contributed by atoms with E-state index in [1.165, 1.54) is 42.7 Å². The van der Waals surface area contributed by atoms with Gasteiger partial charge in [0.15, 0.2) is 0 Å². The maximum atomic E-state index is 3.81. The van der Waals surface area contributed by atoms with Gasteiger partial charge < -0.3 is 9.88 Å². The average Bonchev–Trinajstić information content (AvgIpc) is 3.24. The summed E-state index contributed by atoms with van der Waals surface area (Å²) in [4.78, 5) is 2.39. The molecule has 5 rings (SSSR count). The van der Waals surface area contributed by atoms with E-state index in [9.17, 15) is 0 Å². The van der Waals surface area contributed by atoms with Crippen LogP contribution >= 0.6 is 11.8 Å². The van der Waals surface area contributed by atoms with E-state index in [2.05, 4.69) is 123 Å². The third-order valence-electron chi connectivity index (χ3n) is 6.15. The zero-order valence-corrected chi connectivity index (χ0v) is 24.8. The van der Waals surface area contributed by atoms with Gasteiger partial charge in [-0.2, -0.15) is 0 Å². The van der Waals surface area contributed by atoms with Crippen LogP contribution in [-0.2, 0) is 7.05 Å². The zero-order valence-electron chi connectivity index (χ0n) is 24.0. The van der Waals surface area contributed by atoms with Crippen LogP contribution in [0.15, 0.2) is 137 Å². The molecule has 0 aliphatic heterocycles. The largest absolute Gasteiger partial charge is 0.355 e. The van der Waals surface area contributed by atoms with Gasteiger partial charge in [0.1, 0.15) is 0 Å². The molecular formula is C36H40N2S. The molecule has 0 radical (unpaired) electrons. The Balaban J connectivity index is 0.000000208. The molecule has 1 aromatic heterocycles. The highest BCUT2D eigenvalue weighted by Gasteiger charge is 2.08. The van der Waals surface area contributed by atoms with Crippen molar-refractivity contribution in [2.24, 2.45) is 7.05 Å². The Bertz CT molecular complexity index is 1500. The molecule has 0 saturated heterocycles. The molecule has 0 aliphatic rings. The lowest BCUT2D eigenvalue weighted by Gasteiger charge is -2.14. The highest BCUT2D eigenvalue weighted by Crippen LogP contribution is 2.32. The second-order valence-electron chi connectivity index (χ2n) is 8.98. The molecule has 1 N–H and O–H groups in total. The zero-order chi connectivity index (χ0) is 28.2. The first kappa shape index (κ1) is 29.6. The Hall–Kier alpha value is -3.95. The van der Waals surface area contributed by atoms with Crippen molar-refractivity contribution in [1.82, 2.24) is 4.57 Å². The highest BCUT2D eigenvalue weighted by molar-refractivity contribution is 8.03. The molecule has 0 aliphatic carbocycles. The number of nitrogens with zero attached hydrogens (tertiary/aromatic N) is 1. The van der Waals surface area contributed by atoms with E-state index < -0.39 is 0 Å². The van der Waals surface area contributed by atoms with E-state index in [4.69, 9.17) is 0 Å². The average molecular weight is 533 g/mol. The Morgan fingerprint density at radius 2 is 1.28 bits per heavy atom. The van der Waals surface area contributed by atoms with Gasteiger partial charge in [-0.15, -0.1) is 0 Å². The van der Waals surface area contributed by atoms with E-state index in [-0.39, 0.29) is 0 Å².